The quantitative estimate of drug-likeness (QED) is 0.523. The Hall–Kier alpha value is -3.58. The van der Waals surface area contributed by atoms with Gasteiger partial charge in [-0.05, 0) is 75.3 Å². The molecule has 0 unspecified atom stereocenters. The number of aryl methyl sites for hydroxylation is 1. The fourth-order valence-electron chi connectivity index (χ4n) is 4.20. The van der Waals surface area contributed by atoms with E-state index in [1.807, 2.05) is 67.7 Å². The molecule has 1 amide bonds. The predicted molar refractivity (Wildman–Crippen MR) is 124 cm³/mol. The van der Waals surface area contributed by atoms with Crippen molar-refractivity contribution in [1.82, 2.24) is 24.6 Å². The number of piperidine rings is 1. The Morgan fingerprint density at radius 2 is 1.72 bits per heavy atom. The molecule has 0 spiro atoms. The van der Waals surface area contributed by atoms with Gasteiger partial charge >= 0.3 is 0 Å². The standard InChI is InChI=1S/C25H26N6O/c1-18-24(29-23-6-3-2-5-22(23)27-18)17-30-15-11-19(12-16-30)25(32)28-20-7-9-21(10-8-20)31-14-4-13-26-31/h2-10,13-14,19H,11-12,15-17H2,1H3,(H,28,32). The Kier molecular flexibility index (Phi) is 5.64. The number of para-hydroxylation sites is 2. The second kappa shape index (κ2) is 8.88. The van der Waals surface area contributed by atoms with Crippen LogP contribution in [0.3, 0.4) is 0 Å². The summed E-state index contributed by atoms with van der Waals surface area (Å²) in [5, 5.41) is 7.29. The van der Waals surface area contributed by atoms with Gasteiger partial charge in [-0.1, -0.05) is 12.1 Å². The maximum atomic E-state index is 12.8. The lowest BCUT2D eigenvalue weighted by Gasteiger charge is -2.31. The molecular weight excluding hydrogens is 400 g/mol. The highest BCUT2D eigenvalue weighted by Gasteiger charge is 2.25. The largest absolute Gasteiger partial charge is 0.326 e. The van der Waals surface area contributed by atoms with Gasteiger partial charge in [-0.25, -0.2) is 14.6 Å². The maximum Gasteiger partial charge on any atom is 0.227 e. The van der Waals surface area contributed by atoms with Gasteiger partial charge in [-0.3, -0.25) is 9.69 Å². The van der Waals surface area contributed by atoms with Gasteiger partial charge < -0.3 is 5.32 Å². The molecule has 0 saturated carbocycles. The van der Waals surface area contributed by atoms with Crippen LogP contribution in [0.25, 0.3) is 16.7 Å². The molecule has 1 saturated heterocycles. The van der Waals surface area contributed by atoms with Gasteiger partial charge in [-0.15, -0.1) is 0 Å². The Morgan fingerprint density at radius 1 is 1.00 bits per heavy atom. The molecule has 7 nitrogen and oxygen atoms in total. The van der Waals surface area contributed by atoms with Crippen molar-refractivity contribution in [3.05, 3.63) is 78.4 Å². The third-order valence-corrected chi connectivity index (χ3v) is 6.08. The Morgan fingerprint density at radius 3 is 2.41 bits per heavy atom. The lowest BCUT2D eigenvalue weighted by Crippen LogP contribution is -2.38. The molecule has 1 aliphatic heterocycles. The average molecular weight is 427 g/mol. The van der Waals surface area contributed by atoms with E-state index in [2.05, 4.69) is 15.3 Å². The molecule has 3 heterocycles. The fraction of sp³-hybridized carbons (Fsp3) is 0.280. The zero-order chi connectivity index (χ0) is 21.9. The van der Waals surface area contributed by atoms with Crippen molar-refractivity contribution in [2.75, 3.05) is 18.4 Å². The summed E-state index contributed by atoms with van der Waals surface area (Å²) in [4.78, 5) is 24.7. The SMILES string of the molecule is Cc1nc2ccccc2nc1CN1CCC(C(=O)Nc2ccc(-n3cccn3)cc2)CC1. The summed E-state index contributed by atoms with van der Waals surface area (Å²) < 4.78 is 1.79. The van der Waals surface area contributed by atoms with E-state index in [0.717, 1.165) is 66.3 Å². The first kappa shape index (κ1) is 20.3. The normalized spacial score (nSPS) is 15.2. The number of hydrogen-bond donors (Lipinski definition) is 1. The average Bonchev–Trinajstić information content (AvgIpc) is 3.35. The second-order valence-electron chi connectivity index (χ2n) is 8.28. The summed E-state index contributed by atoms with van der Waals surface area (Å²) in [6.07, 6.45) is 5.33. The maximum absolute atomic E-state index is 12.8. The molecule has 7 heteroatoms. The van der Waals surface area contributed by atoms with E-state index in [4.69, 9.17) is 9.97 Å². The number of fused-ring (bicyclic) bond motifs is 1. The van der Waals surface area contributed by atoms with Crippen molar-refractivity contribution in [3.63, 3.8) is 0 Å². The number of nitrogens with one attached hydrogen (secondary N) is 1. The number of rotatable bonds is 5. The summed E-state index contributed by atoms with van der Waals surface area (Å²) in [6, 6.07) is 17.6. The van der Waals surface area contributed by atoms with Gasteiger partial charge in [0.2, 0.25) is 5.91 Å². The molecular formula is C25H26N6O. The molecule has 0 aliphatic carbocycles. The molecule has 0 bridgehead atoms. The number of anilines is 1. The zero-order valence-corrected chi connectivity index (χ0v) is 18.1. The first-order valence-electron chi connectivity index (χ1n) is 11.0. The molecule has 162 valence electrons. The number of hydrogen-bond acceptors (Lipinski definition) is 5. The van der Waals surface area contributed by atoms with Crippen LogP contribution in [-0.2, 0) is 11.3 Å². The Labute approximate surface area is 187 Å². The van der Waals surface area contributed by atoms with Crippen LogP contribution in [0.1, 0.15) is 24.2 Å². The number of carbonyl (C=O) groups excluding carboxylic acids is 1. The molecule has 1 N–H and O–H groups in total. The molecule has 5 rings (SSSR count). The fourth-order valence-corrected chi connectivity index (χ4v) is 4.20. The number of carbonyl (C=O) groups is 1. The molecule has 0 atom stereocenters. The Balaban J connectivity index is 1.16. The van der Waals surface area contributed by atoms with E-state index in [-0.39, 0.29) is 11.8 Å². The van der Waals surface area contributed by atoms with Crippen molar-refractivity contribution >= 4 is 22.6 Å². The van der Waals surface area contributed by atoms with Gasteiger partial charge in [0.05, 0.1) is 28.1 Å². The minimum Gasteiger partial charge on any atom is -0.326 e. The number of amides is 1. The third-order valence-electron chi connectivity index (χ3n) is 6.08. The van der Waals surface area contributed by atoms with Crippen LogP contribution in [0.5, 0.6) is 0 Å². The van der Waals surface area contributed by atoms with Crippen LogP contribution in [0, 0.1) is 12.8 Å². The summed E-state index contributed by atoms with van der Waals surface area (Å²) in [5.74, 6) is 0.124. The summed E-state index contributed by atoms with van der Waals surface area (Å²) in [5.41, 5.74) is 5.64. The van der Waals surface area contributed by atoms with Crippen molar-refractivity contribution < 1.29 is 4.79 Å². The van der Waals surface area contributed by atoms with Crippen LogP contribution in [0.4, 0.5) is 5.69 Å². The highest BCUT2D eigenvalue weighted by Crippen LogP contribution is 2.22. The van der Waals surface area contributed by atoms with Gasteiger partial charge in [0, 0.05) is 30.5 Å². The number of benzene rings is 2. The highest BCUT2D eigenvalue weighted by atomic mass is 16.1. The minimum atomic E-state index is 0.0285. The van der Waals surface area contributed by atoms with Gasteiger partial charge in [0.1, 0.15) is 0 Å². The van der Waals surface area contributed by atoms with Crippen molar-refractivity contribution in [1.29, 1.82) is 0 Å². The van der Waals surface area contributed by atoms with Crippen LogP contribution >= 0.6 is 0 Å². The molecule has 4 aromatic rings. The van der Waals surface area contributed by atoms with E-state index in [1.165, 1.54) is 0 Å². The zero-order valence-electron chi connectivity index (χ0n) is 18.1. The second-order valence-corrected chi connectivity index (χ2v) is 8.28. The lowest BCUT2D eigenvalue weighted by molar-refractivity contribution is -0.121. The predicted octanol–water partition coefficient (Wildman–Crippen LogP) is 3.97. The molecule has 1 fully saturated rings. The van der Waals surface area contributed by atoms with Crippen molar-refractivity contribution in [2.45, 2.75) is 26.3 Å². The van der Waals surface area contributed by atoms with Crippen LogP contribution < -0.4 is 5.32 Å². The van der Waals surface area contributed by atoms with E-state index in [9.17, 15) is 4.79 Å². The first-order chi connectivity index (χ1) is 15.7. The van der Waals surface area contributed by atoms with E-state index in [1.54, 1.807) is 10.9 Å². The molecule has 2 aromatic heterocycles. The van der Waals surface area contributed by atoms with Gasteiger partial charge in [-0.2, -0.15) is 5.10 Å². The minimum absolute atomic E-state index is 0.0285. The molecule has 32 heavy (non-hydrogen) atoms. The smallest absolute Gasteiger partial charge is 0.227 e. The number of nitrogens with zero attached hydrogens (tertiary/aromatic N) is 5. The topological polar surface area (TPSA) is 75.9 Å². The van der Waals surface area contributed by atoms with Gasteiger partial charge in [0.25, 0.3) is 0 Å². The van der Waals surface area contributed by atoms with E-state index in [0.29, 0.717) is 0 Å². The lowest BCUT2D eigenvalue weighted by atomic mass is 9.95. The number of aromatic nitrogens is 4. The molecule has 2 aromatic carbocycles. The summed E-state index contributed by atoms with van der Waals surface area (Å²) in [6.45, 7) is 4.55. The summed E-state index contributed by atoms with van der Waals surface area (Å²) in [7, 11) is 0. The van der Waals surface area contributed by atoms with Crippen molar-refractivity contribution in [2.24, 2.45) is 5.92 Å². The monoisotopic (exact) mass is 426 g/mol. The van der Waals surface area contributed by atoms with E-state index >= 15 is 0 Å². The van der Waals surface area contributed by atoms with E-state index < -0.39 is 0 Å². The first-order valence-corrected chi connectivity index (χ1v) is 11.0. The van der Waals surface area contributed by atoms with Gasteiger partial charge in [0.15, 0.2) is 0 Å². The molecule has 0 radical (unpaired) electrons. The van der Waals surface area contributed by atoms with Crippen LogP contribution in [0.2, 0.25) is 0 Å². The van der Waals surface area contributed by atoms with Crippen LogP contribution in [0.15, 0.2) is 67.0 Å². The highest BCUT2D eigenvalue weighted by molar-refractivity contribution is 5.92. The van der Waals surface area contributed by atoms with Crippen molar-refractivity contribution in [3.8, 4) is 5.69 Å². The number of likely N-dealkylation sites (tertiary alicyclic amines) is 1. The summed E-state index contributed by atoms with van der Waals surface area (Å²) >= 11 is 0. The van der Waals surface area contributed by atoms with Crippen LogP contribution in [-0.4, -0.2) is 43.6 Å². The Bertz CT molecular complexity index is 1210. The molecule has 1 aliphatic rings. The third kappa shape index (κ3) is 4.38.